The molecule has 1 aliphatic carbocycles. The minimum atomic E-state index is -0.361. The molecule has 1 aliphatic rings. The third-order valence-corrected chi connectivity index (χ3v) is 3.56. The van der Waals surface area contributed by atoms with Crippen molar-refractivity contribution in [1.29, 1.82) is 0 Å². The average molecular weight is 276 g/mol. The van der Waals surface area contributed by atoms with Gasteiger partial charge in [-0.2, -0.15) is 0 Å². The molecule has 0 aliphatic heterocycles. The Labute approximate surface area is 118 Å². The number of hydrogen-bond acceptors (Lipinski definition) is 3. The number of benzene rings is 1. The Bertz CT molecular complexity index is 490. The molecule has 2 N–H and O–H groups in total. The number of para-hydroxylation sites is 1. The van der Waals surface area contributed by atoms with Crippen LogP contribution in [0, 0.1) is 19.8 Å². The molecular weight excluding hydrogens is 256 g/mol. The second-order valence-corrected chi connectivity index (χ2v) is 5.17. The summed E-state index contributed by atoms with van der Waals surface area (Å²) in [6.45, 7) is 3.74. The van der Waals surface area contributed by atoms with E-state index in [1.54, 1.807) is 0 Å². The van der Waals surface area contributed by atoms with Gasteiger partial charge in [0.25, 0.3) is 5.91 Å². The summed E-state index contributed by atoms with van der Waals surface area (Å²) in [6, 6.07) is 5.80. The van der Waals surface area contributed by atoms with Gasteiger partial charge in [-0.1, -0.05) is 24.6 Å². The highest BCUT2D eigenvalue weighted by Gasteiger charge is 2.25. The summed E-state index contributed by atoms with van der Waals surface area (Å²) < 4.78 is 5.50. The third kappa shape index (κ3) is 3.50. The Morgan fingerprint density at radius 1 is 1.20 bits per heavy atom. The number of nitrogens with one attached hydrogen (secondary N) is 2. The molecule has 0 heterocycles. The molecule has 1 aromatic rings. The molecule has 5 nitrogen and oxygen atoms in total. The Morgan fingerprint density at radius 2 is 1.85 bits per heavy atom. The summed E-state index contributed by atoms with van der Waals surface area (Å²) in [5.41, 5.74) is 6.77. The molecule has 0 unspecified atom stereocenters. The molecule has 0 saturated heterocycles. The van der Waals surface area contributed by atoms with Crippen LogP contribution in [-0.4, -0.2) is 18.4 Å². The van der Waals surface area contributed by atoms with Crippen molar-refractivity contribution in [3.05, 3.63) is 29.3 Å². The van der Waals surface area contributed by atoms with E-state index in [0.29, 0.717) is 5.75 Å². The first kappa shape index (κ1) is 14.4. The first-order valence-corrected chi connectivity index (χ1v) is 6.85. The van der Waals surface area contributed by atoms with Gasteiger partial charge in [-0.05, 0) is 37.8 Å². The zero-order valence-corrected chi connectivity index (χ0v) is 11.9. The Balaban J connectivity index is 1.76. The van der Waals surface area contributed by atoms with Crippen molar-refractivity contribution in [2.24, 2.45) is 5.92 Å². The second-order valence-electron chi connectivity index (χ2n) is 5.17. The predicted octanol–water partition coefficient (Wildman–Crippen LogP) is 1.63. The van der Waals surface area contributed by atoms with Crippen LogP contribution in [0.2, 0.25) is 0 Å². The van der Waals surface area contributed by atoms with E-state index in [-0.39, 0.29) is 24.3 Å². The van der Waals surface area contributed by atoms with E-state index in [4.69, 9.17) is 4.74 Å². The molecule has 0 bridgehead atoms. The van der Waals surface area contributed by atoms with Gasteiger partial charge in [0.05, 0.1) is 0 Å². The van der Waals surface area contributed by atoms with E-state index in [1.807, 2.05) is 32.0 Å². The maximum atomic E-state index is 11.6. The fourth-order valence-corrected chi connectivity index (χ4v) is 2.10. The minimum absolute atomic E-state index is 0.0508. The zero-order chi connectivity index (χ0) is 14.5. The summed E-state index contributed by atoms with van der Waals surface area (Å²) in [7, 11) is 0. The summed E-state index contributed by atoms with van der Waals surface area (Å²) in [5.74, 6) is 0.291. The van der Waals surface area contributed by atoms with Gasteiger partial charge in [0, 0.05) is 5.92 Å². The van der Waals surface area contributed by atoms with Crippen molar-refractivity contribution in [3.8, 4) is 5.75 Å². The minimum Gasteiger partial charge on any atom is -0.483 e. The predicted molar refractivity (Wildman–Crippen MR) is 75.0 cm³/mol. The molecule has 1 saturated carbocycles. The van der Waals surface area contributed by atoms with Gasteiger partial charge in [-0.3, -0.25) is 20.4 Å². The number of ether oxygens (including phenoxy) is 1. The molecule has 0 radical (unpaired) electrons. The number of amides is 2. The number of aryl methyl sites for hydroxylation is 2. The van der Waals surface area contributed by atoms with Gasteiger partial charge >= 0.3 is 0 Å². The van der Waals surface area contributed by atoms with Crippen molar-refractivity contribution >= 4 is 11.8 Å². The molecule has 5 heteroatoms. The highest BCUT2D eigenvalue weighted by molar-refractivity contribution is 5.84. The van der Waals surface area contributed by atoms with Gasteiger partial charge in [0.15, 0.2) is 6.61 Å². The number of carbonyl (C=O) groups is 2. The molecule has 0 atom stereocenters. The van der Waals surface area contributed by atoms with E-state index in [2.05, 4.69) is 10.9 Å². The van der Waals surface area contributed by atoms with Crippen molar-refractivity contribution < 1.29 is 14.3 Å². The molecule has 20 heavy (non-hydrogen) atoms. The SMILES string of the molecule is Cc1cccc(C)c1OCC(=O)NNC(=O)C1CCC1. The van der Waals surface area contributed by atoms with Gasteiger partial charge < -0.3 is 4.74 Å². The normalized spacial score (nSPS) is 14.3. The monoisotopic (exact) mass is 276 g/mol. The van der Waals surface area contributed by atoms with Crippen LogP contribution in [-0.2, 0) is 9.59 Å². The number of hydrogen-bond donors (Lipinski definition) is 2. The van der Waals surface area contributed by atoms with Gasteiger partial charge in [-0.25, -0.2) is 0 Å². The largest absolute Gasteiger partial charge is 0.483 e. The lowest BCUT2D eigenvalue weighted by Gasteiger charge is -2.24. The second kappa shape index (κ2) is 6.41. The molecule has 108 valence electrons. The van der Waals surface area contributed by atoms with Crippen LogP contribution in [0.1, 0.15) is 30.4 Å². The van der Waals surface area contributed by atoms with E-state index in [9.17, 15) is 9.59 Å². The highest BCUT2D eigenvalue weighted by Crippen LogP contribution is 2.25. The quantitative estimate of drug-likeness (QED) is 0.821. The lowest BCUT2D eigenvalue weighted by molar-refractivity contribution is -0.133. The van der Waals surface area contributed by atoms with Crippen LogP contribution in [0.25, 0.3) is 0 Å². The Morgan fingerprint density at radius 3 is 2.40 bits per heavy atom. The molecule has 0 spiro atoms. The Kier molecular flexibility index (Phi) is 4.61. The number of rotatable bonds is 4. The van der Waals surface area contributed by atoms with Crippen molar-refractivity contribution in [2.75, 3.05) is 6.61 Å². The first-order chi connectivity index (χ1) is 9.58. The fraction of sp³-hybridized carbons (Fsp3) is 0.467. The van der Waals surface area contributed by atoms with Gasteiger partial charge in [-0.15, -0.1) is 0 Å². The number of hydrazine groups is 1. The van der Waals surface area contributed by atoms with Crippen LogP contribution < -0.4 is 15.6 Å². The van der Waals surface area contributed by atoms with Crippen molar-refractivity contribution in [3.63, 3.8) is 0 Å². The molecule has 2 rings (SSSR count). The fourth-order valence-electron chi connectivity index (χ4n) is 2.10. The van der Waals surface area contributed by atoms with Crippen LogP contribution in [0.5, 0.6) is 5.75 Å². The molecular formula is C15H20N2O3. The zero-order valence-electron chi connectivity index (χ0n) is 11.9. The lowest BCUT2D eigenvalue weighted by atomic mass is 9.85. The van der Waals surface area contributed by atoms with Gasteiger partial charge in [0.1, 0.15) is 5.75 Å². The van der Waals surface area contributed by atoms with E-state index in [1.165, 1.54) is 0 Å². The summed E-state index contributed by atoms with van der Waals surface area (Å²) in [5, 5.41) is 0. The van der Waals surface area contributed by atoms with Gasteiger partial charge in [0.2, 0.25) is 5.91 Å². The number of carbonyl (C=O) groups excluding carboxylic acids is 2. The smallest absolute Gasteiger partial charge is 0.276 e. The summed E-state index contributed by atoms with van der Waals surface area (Å²) >= 11 is 0. The van der Waals surface area contributed by atoms with Crippen molar-refractivity contribution in [1.82, 2.24) is 10.9 Å². The highest BCUT2D eigenvalue weighted by atomic mass is 16.5. The first-order valence-electron chi connectivity index (χ1n) is 6.85. The van der Waals surface area contributed by atoms with E-state index in [0.717, 1.165) is 30.4 Å². The Hall–Kier alpha value is -2.04. The van der Waals surface area contributed by atoms with Crippen LogP contribution in [0.3, 0.4) is 0 Å². The molecule has 1 aromatic carbocycles. The third-order valence-electron chi connectivity index (χ3n) is 3.56. The molecule has 2 amide bonds. The van der Waals surface area contributed by atoms with Crippen LogP contribution in [0.15, 0.2) is 18.2 Å². The van der Waals surface area contributed by atoms with E-state index >= 15 is 0 Å². The topological polar surface area (TPSA) is 67.4 Å². The maximum Gasteiger partial charge on any atom is 0.276 e. The lowest BCUT2D eigenvalue weighted by Crippen LogP contribution is -2.47. The van der Waals surface area contributed by atoms with E-state index < -0.39 is 0 Å². The standard InChI is InChI=1S/C15H20N2O3/c1-10-5-3-6-11(2)14(10)20-9-13(18)16-17-15(19)12-7-4-8-12/h3,5-6,12H,4,7-9H2,1-2H3,(H,16,18)(H,17,19). The maximum absolute atomic E-state index is 11.6. The average Bonchev–Trinajstić information content (AvgIpc) is 2.33. The van der Waals surface area contributed by atoms with Crippen molar-refractivity contribution in [2.45, 2.75) is 33.1 Å². The summed E-state index contributed by atoms with van der Waals surface area (Å²) in [4.78, 5) is 23.2. The van der Waals surface area contributed by atoms with Crippen LogP contribution in [0.4, 0.5) is 0 Å². The molecule has 1 fully saturated rings. The summed E-state index contributed by atoms with van der Waals surface area (Å²) in [6.07, 6.45) is 2.89. The van der Waals surface area contributed by atoms with Crippen LogP contribution >= 0.6 is 0 Å². The molecule has 0 aromatic heterocycles.